The van der Waals surface area contributed by atoms with E-state index >= 15 is 0 Å². The molecule has 150 valence electrons. The summed E-state index contributed by atoms with van der Waals surface area (Å²) in [6.07, 6.45) is 3.44. The molecule has 0 spiro atoms. The summed E-state index contributed by atoms with van der Waals surface area (Å²) in [5, 5.41) is 5.43. The number of carbonyl (C=O) groups excluding carboxylic acids is 2. The topological polar surface area (TPSA) is 58.6 Å². The number of amides is 1. The molecule has 1 N–H and O–H groups in total. The van der Waals surface area contributed by atoms with Gasteiger partial charge in [0.1, 0.15) is 10.6 Å². The quantitative estimate of drug-likeness (QED) is 0.708. The standard InChI is InChI=1S/C22H28N2O3S/c1-4-27-22(26)20-18(17-11-6-5-7-12-17)14-28-21(20)23-19(25)13-24-15(2)9-8-10-16(24)3/h5-7,11-12,14-16H,4,8-10,13H2,1-3H3,(H,23,25). The minimum absolute atomic E-state index is 0.0902. The molecule has 1 aromatic heterocycles. The molecule has 28 heavy (non-hydrogen) atoms. The van der Waals surface area contributed by atoms with Crippen LogP contribution in [0.5, 0.6) is 0 Å². The average Bonchev–Trinajstić information content (AvgIpc) is 3.09. The van der Waals surface area contributed by atoms with Crippen molar-refractivity contribution >= 4 is 28.2 Å². The van der Waals surface area contributed by atoms with Gasteiger partial charge in [0.15, 0.2) is 0 Å². The van der Waals surface area contributed by atoms with Crippen LogP contribution in [0.25, 0.3) is 11.1 Å². The highest BCUT2D eigenvalue weighted by Crippen LogP contribution is 2.36. The fraction of sp³-hybridized carbons (Fsp3) is 0.455. The van der Waals surface area contributed by atoms with Gasteiger partial charge in [-0.25, -0.2) is 4.79 Å². The maximum Gasteiger partial charge on any atom is 0.341 e. The molecule has 2 aromatic rings. The fourth-order valence-corrected chi connectivity index (χ4v) is 4.78. The van der Waals surface area contributed by atoms with Gasteiger partial charge in [-0.1, -0.05) is 36.8 Å². The lowest BCUT2D eigenvalue weighted by Gasteiger charge is -2.38. The van der Waals surface area contributed by atoms with Crippen LogP contribution >= 0.6 is 11.3 Å². The second-order valence-electron chi connectivity index (χ2n) is 7.29. The van der Waals surface area contributed by atoms with Crippen molar-refractivity contribution < 1.29 is 14.3 Å². The first kappa shape index (κ1) is 20.6. The van der Waals surface area contributed by atoms with E-state index in [1.165, 1.54) is 17.8 Å². The summed E-state index contributed by atoms with van der Waals surface area (Å²) >= 11 is 1.37. The van der Waals surface area contributed by atoms with E-state index in [4.69, 9.17) is 4.74 Å². The molecular weight excluding hydrogens is 372 g/mol. The van der Waals surface area contributed by atoms with Gasteiger partial charge in [0.05, 0.1) is 13.2 Å². The van der Waals surface area contributed by atoms with Gasteiger partial charge in [-0.15, -0.1) is 11.3 Å². The van der Waals surface area contributed by atoms with E-state index in [1.807, 2.05) is 35.7 Å². The van der Waals surface area contributed by atoms with Crippen LogP contribution in [0.3, 0.4) is 0 Å². The monoisotopic (exact) mass is 400 g/mol. The summed E-state index contributed by atoms with van der Waals surface area (Å²) in [4.78, 5) is 27.6. The zero-order chi connectivity index (χ0) is 20.1. The summed E-state index contributed by atoms with van der Waals surface area (Å²) in [6.45, 7) is 6.75. The highest BCUT2D eigenvalue weighted by Gasteiger charge is 2.28. The molecule has 0 saturated carbocycles. The van der Waals surface area contributed by atoms with Gasteiger partial charge in [-0.2, -0.15) is 0 Å². The van der Waals surface area contributed by atoms with Gasteiger partial charge in [0.2, 0.25) is 5.91 Å². The second-order valence-corrected chi connectivity index (χ2v) is 8.17. The van der Waals surface area contributed by atoms with E-state index in [-0.39, 0.29) is 5.91 Å². The Morgan fingerprint density at radius 2 is 1.86 bits per heavy atom. The molecule has 0 radical (unpaired) electrons. The van der Waals surface area contributed by atoms with Gasteiger partial charge in [0.25, 0.3) is 0 Å². The summed E-state index contributed by atoms with van der Waals surface area (Å²) in [7, 11) is 0. The minimum atomic E-state index is -0.405. The first-order valence-corrected chi connectivity index (χ1v) is 10.8. The summed E-state index contributed by atoms with van der Waals surface area (Å²) in [5.41, 5.74) is 2.16. The Kier molecular flexibility index (Phi) is 6.86. The number of likely N-dealkylation sites (tertiary alicyclic amines) is 1. The minimum Gasteiger partial charge on any atom is -0.462 e. The van der Waals surface area contributed by atoms with Crippen molar-refractivity contribution in [1.29, 1.82) is 0 Å². The lowest BCUT2D eigenvalue weighted by molar-refractivity contribution is -0.118. The predicted molar refractivity (Wildman–Crippen MR) is 114 cm³/mol. The number of thiophene rings is 1. The number of piperidine rings is 1. The Bertz CT molecular complexity index is 808. The Hall–Kier alpha value is -2.18. The zero-order valence-electron chi connectivity index (χ0n) is 16.7. The highest BCUT2D eigenvalue weighted by atomic mass is 32.1. The van der Waals surface area contributed by atoms with Crippen molar-refractivity contribution in [2.75, 3.05) is 18.5 Å². The summed E-state index contributed by atoms with van der Waals surface area (Å²) in [6, 6.07) is 10.5. The molecule has 1 amide bonds. The van der Waals surface area contributed by atoms with Crippen molar-refractivity contribution in [3.63, 3.8) is 0 Å². The number of hydrogen-bond acceptors (Lipinski definition) is 5. The van der Waals surface area contributed by atoms with Crippen LogP contribution in [0.4, 0.5) is 5.00 Å². The van der Waals surface area contributed by atoms with Crippen LogP contribution in [0.15, 0.2) is 35.7 Å². The number of benzene rings is 1. The largest absolute Gasteiger partial charge is 0.462 e. The normalized spacial score (nSPS) is 20.0. The molecule has 1 aliphatic heterocycles. The van der Waals surface area contributed by atoms with E-state index in [2.05, 4.69) is 24.1 Å². The molecule has 2 unspecified atom stereocenters. The van der Waals surface area contributed by atoms with E-state index in [0.29, 0.717) is 35.8 Å². The molecular formula is C22H28N2O3S. The number of hydrogen-bond donors (Lipinski definition) is 1. The van der Waals surface area contributed by atoms with E-state index in [9.17, 15) is 9.59 Å². The number of rotatable bonds is 6. The molecule has 6 heteroatoms. The predicted octanol–water partition coefficient (Wildman–Crippen LogP) is 4.79. The van der Waals surface area contributed by atoms with Crippen molar-refractivity contribution in [2.45, 2.75) is 52.1 Å². The van der Waals surface area contributed by atoms with E-state index in [1.54, 1.807) is 6.92 Å². The molecule has 0 aliphatic carbocycles. The van der Waals surface area contributed by atoms with Gasteiger partial charge in [-0.3, -0.25) is 9.69 Å². The molecule has 3 rings (SSSR count). The molecule has 1 saturated heterocycles. The second kappa shape index (κ2) is 9.34. The molecule has 5 nitrogen and oxygen atoms in total. The smallest absolute Gasteiger partial charge is 0.341 e. The van der Waals surface area contributed by atoms with Crippen LogP contribution in [0.1, 0.15) is 50.4 Å². The average molecular weight is 401 g/mol. The van der Waals surface area contributed by atoms with Crippen LogP contribution in [0, 0.1) is 0 Å². The van der Waals surface area contributed by atoms with Crippen molar-refractivity contribution in [3.05, 3.63) is 41.3 Å². The number of nitrogens with zero attached hydrogens (tertiary/aromatic N) is 1. The number of anilines is 1. The third-order valence-corrected chi connectivity index (χ3v) is 6.21. The maximum atomic E-state index is 12.8. The van der Waals surface area contributed by atoms with Gasteiger partial charge >= 0.3 is 5.97 Å². The summed E-state index contributed by atoms with van der Waals surface area (Å²) in [5.74, 6) is -0.495. The van der Waals surface area contributed by atoms with Crippen LogP contribution < -0.4 is 5.32 Å². The van der Waals surface area contributed by atoms with Crippen molar-refractivity contribution in [2.24, 2.45) is 0 Å². The lowest BCUT2D eigenvalue weighted by atomic mass is 9.97. The Morgan fingerprint density at radius 1 is 1.18 bits per heavy atom. The fourth-order valence-electron chi connectivity index (χ4n) is 3.80. The Labute approximate surface area is 170 Å². The molecule has 1 aliphatic rings. The lowest BCUT2D eigenvalue weighted by Crippen LogP contribution is -2.47. The first-order valence-electron chi connectivity index (χ1n) is 9.90. The number of ether oxygens (including phenoxy) is 1. The number of carbonyl (C=O) groups is 2. The van der Waals surface area contributed by atoms with Crippen molar-refractivity contribution in [3.8, 4) is 11.1 Å². The molecule has 2 atom stereocenters. The maximum absolute atomic E-state index is 12.8. The van der Waals surface area contributed by atoms with Crippen LogP contribution in [-0.2, 0) is 9.53 Å². The van der Waals surface area contributed by atoms with E-state index in [0.717, 1.165) is 24.0 Å². The molecule has 2 heterocycles. The Balaban J connectivity index is 1.82. The first-order chi connectivity index (χ1) is 13.5. The SMILES string of the molecule is CCOC(=O)c1c(-c2ccccc2)csc1NC(=O)CN1C(C)CCCC1C. The third kappa shape index (κ3) is 4.62. The Morgan fingerprint density at radius 3 is 2.50 bits per heavy atom. The van der Waals surface area contributed by atoms with E-state index < -0.39 is 5.97 Å². The van der Waals surface area contributed by atoms with Gasteiger partial charge in [0, 0.05) is 23.0 Å². The van der Waals surface area contributed by atoms with Gasteiger partial charge in [-0.05, 0) is 39.2 Å². The van der Waals surface area contributed by atoms with Crippen LogP contribution in [-0.4, -0.2) is 42.0 Å². The zero-order valence-corrected chi connectivity index (χ0v) is 17.6. The number of nitrogens with one attached hydrogen (secondary N) is 1. The summed E-state index contributed by atoms with van der Waals surface area (Å²) < 4.78 is 5.26. The third-order valence-electron chi connectivity index (χ3n) is 5.31. The van der Waals surface area contributed by atoms with Crippen molar-refractivity contribution in [1.82, 2.24) is 4.90 Å². The number of esters is 1. The molecule has 0 bridgehead atoms. The van der Waals surface area contributed by atoms with Crippen LogP contribution in [0.2, 0.25) is 0 Å². The van der Waals surface area contributed by atoms with Gasteiger partial charge < -0.3 is 10.1 Å². The highest BCUT2D eigenvalue weighted by molar-refractivity contribution is 7.15. The molecule has 1 fully saturated rings. The molecule has 1 aromatic carbocycles.